The van der Waals surface area contributed by atoms with Gasteiger partial charge in [-0.1, -0.05) is 11.6 Å². The highest BCUT2D eigenvalue weighted by Crippen LogP contribution is 2.17. The van der Waals surface area contributed by atoms with E-state index in [0.29, 0.717) is 5.02 Å². The van der Waals surface area contributed by atoms with E-state index in [0.717, 1.165) is 9.35 Å². The molecule has 2 aromatic heterocycles. The van der Waals surface area contributed by atoms with Gasteiger partial charge in [0.25, 0.3) is 0 Å². The fraction of sp³-hybridized carbons (Fsp3) is 0. The van der Waals surface area contributed by atoms with Gasteiger partial charge in [0.05, 0.1) is 11.2 Å². The van der Waals surface area contributed by atoms with E-state index in [2.05, 4.69) is 27.6 Å². The molecule has 56 valence electrons. The second-order valence-corrected chi connectivity index (χ2v) is 3.64. The molecule has 0 saturated heterocycles. The van der Waals surface area contributed by atoms with Gasteiger partial charge in [-0.2, -0.15) is 0 Å². The van der Waals surface area contributed by atoms with Crippen molar-refractivity contribution in [1.29, 1.82) is 0 Å². The van der Waals surface area contributed by atoms with Gasteiger partial charge in [0, 0.05) is 6.20 Å². The third-order valence-electron chi connectivity index (χ3n) is 1.44. The summed E-state index contributed by atoms with van der Waals surface area (Å²) in [6.07, 6.45) is 3.73. The molecular formula is C7H4ClIN2. The van der Waals surface area contributed by atoms with Crippen LogP contribution in [0, 0.1) is 3.70 Å². The lowest BCUT2D eigenvalue weighted by Gasteiger charge is -1.94. The van der Waals surface area contributed by atoms with Crippen molar-refractivity contribution in [3.05, 3.63) is 33.2 Å². The van der Waals surface area contributed by atoms with Crippen molar-refractivity contribution < 1.29 is 0 Å². The number of pyridine rings is 1. The van der Waals surface area contributed by atoms with Crippen molar-refractivity contribution in [3.8, 4) is 0 Å². The summed E-state index contributed by atoms with van der Waals surface area (Å²) >= 11 is 8.10. The first-order valence-corrected chi connectivity index (χ1v) is 4.52. The fourth-order valence-corrected chi connectivity index (χ4v) is 1.69. The summed E-state index contributed by atoms with van der Waals surface area (Å²) in [5.41, 5.74) is 0.818. The van der Waals surface area contributed by atoms with Crippen molar-refractivity contribution in [2.45, 2.75) is 0 Å². The van der Waals surface area contributed by atoms with Crippen LogP contribution in [-0.2, 0) is 0 Å². The Morgan fingerprint density at radius 3 is 3.09 bits per heavy atom. The molecule has 0 amide bonds. The van der Waals surface area contributed by atoms with Gasteiger partial charge in [-0.15, -0.1) is 0 Å². The van der Waals surface area contributed by atoms with Gasteiger partial charge >= 0.3 is 0 Å². The monoisotopic (exact) mass is 278 g/mol. The van der Waals surface area contributed by atoms with Gasteiger partial charge in [0.15, 0.2) is 5.65 Å². The molecule has 0 aliphatic rings. The van der Waals surface area contributed by atoms with Gasteiger partial charge in [0.1, 0.15) is 3.70 Å². The van der Waals surface area contributed by atoms with Crippen LogP contribution in [0.2, 0.25) is 5.02 Å². The highest BCUT2D eigenvalue weighted by Gasteiger charge is 2.01. The predicted molar refractivity (Wildman–Crippen MR) is 52.9 cm³/mol. The summed E-state index contributed by atoms with van der Waals surface area (Å²) in [4.78, 5) is 4.14. The van der Waals surface area contributed by atoms with Gasteiger partial charge in [-0.25, -0.2) is 4.98 Å². The first kappa shape index (κ1) is 7.36. The summed E-state index contributed by atoms with van der Waals surface area (Å²) in [7, 11) is 0. The zero-order valence-electron chi connectivity index (χ0n) is 5.46. The van der Waals surface area contributed by atoms with Crippen molar-refractivity contribution in [1.82, 2.24) is 9.38 Å². The maximum absolute atomic E-state index is 5.88. The van der Waals surface area contributed by atoms with Gasteiger partial charge in [-0.3, -0.25) is 4.40 Å². The van der Waals surface area contributed by atoms with Crippen LogP contribution in [0.25, 0.3) is 5.65 Å². The lowest BCUT2D eigenvalue weighted by Crippen LogP contribution is -1.85. The predicted octanol–water partition coefficient (Wildman–Crippen LogP) is 2.59. The molecule has 0 saturated carbocycles. The molecule has 0 atom stereocenters. The molecule has 2 nitrogen and oxygen atoms in total. The number of halogens is 2. The maximum Gasteiger partial charge on any atom is 0.156 e. The Balaban J connectivity index is 2.94. The van der Waals surface area contributed by atoms with E-state index < -0.39 is 0 Å². The normalized spacial score (nSPS) is 10.7. The molecule has 0 aliphatic heterocycles. The molecule has 4 heteroatoms. The average molecular weight is 278 g/mol. The molecule has 0 spiro atoms. The first-order valence-electron chi connectivity index (χ1n) is 3.06. The molecule has 0 aliphatic carbocycles. The summed E-state index contributed by atoms with van der Waals surface area (Å²) in [5, 5.41) is 0.690. The Labute approximate surface area is 82.3 Å². The number of rotatable bonds is 0. The van der Waals surface area contributed by atoms with Crippen molar-refractivity contribution in [3.63, 3.8) is 0 Å². The fourth-order valence-electron chi connectivity index (χ4n) is 0.947. The largest absolute Gasteiger partial charge is 0.294 e. The van der Waals surface area contributed by atoms with Crippen molar-refractivity contribution in [2.24, 2.45) is 0 Å². The Kier molecular flexibility index (Phi) is 1.77. The molecule has 0 unspecified atom stereocenters. The van der Waals surface area contributed by atoms with E-state index in [4.69, 9.17) is 11.6 Å². The van der Waals surface area contributed by atoms with Crippen LogP contribution in [0.3, 0.4) is 0 Å². The molecule has 11 heavy (non-hydrogen) atoms. The Morgan fingerprint density at radius 2 is 2.36 bits per heavy atom. The Morgan fingerprint density at radius 1 is 1.55 bits per heavy atom. The van der Waals surface area contributed by atoms with E-state index in [-0.39, 0.29) is 0 Å². The number of fused-ring (bicyclic) bond motifs is 1. The molecule has 0 radical (unpaired) electrons. The molecule has 0 N–H and O–H groups in total. The minimum atomic E-state index is 0.690. The van der Waals surface area contributed by atoms with Crippen LogP contribution in [0.5, 0.6) is 0 Å². The molecular weight excluding hydrogens is 274 g/mol. The third kappa shape index (κ3) is 1.12. The Bertz CT molecular complexity index is 396. The van der Waals surface area contributed by atoms with Crippen LogP contribution in [-0.4, -0.2) is 9.38 Å². The zero-order chi connectivity index (χ0) is 7.84. The topological polar surface area (TPSA) is 17.3 Å². The minimum Gasteiger partial charge on any atom is -0.294 e. The molecule has 0 fully saturated rings. The Hall–Kier alpha value is -0.290. The van der Waals surface area contributed by atoms with Crippen LogP contribution < -0.4 is 0 Å². The van der Waals surface area contributed by atoms with Crippen LogP contribution in [0.1, 0.15) is 0 Å². The SMILES string of the molecule is Clc1cccn2c(I)cnc12. The summed E-state index contributed by atoms with van der Waals surface area (Å²) in [6.45, 7) is 0. The molecule has 0 bridgehead atoms. The average Bonchev–Trinajstić information content (AvgIpc) is 2.35. The van der Waals surface area contributed by atoms with E-state index >= 15 is 0 Å². The summed E-state index contributed by atoms with van der Waals surface area (Å²) < 4.78 is 3.02. The van der Waals surface area contributed by atoms with E-state index in [1.165, 1.54) is 0 Å². The zero-order valence-corrected chi connectivity index (χ0v) is 8.37. The van der Waals surface area contributed by atoms with E-state index in [1.54, 1.807) is 6.20 Å². The summed E-state index contributed by atoms with van der Waals surface area (Å²) in [5.74, 6) is 0. The highest BCUT2D eigenvalue weighted by molar-refractivity contribution is 14.1. The quantitative estimate of drug-likeness (QED) is 0.677. The number of hydrogen-bond acceptors (Lipinski definition) is 1. The molecule has 2 heterocycles. The molecule has 2 aromatic rings. The number of hydrogen-bond donors (Lipinski definition) is 0. The van der Waals surface area contributed by atoms with Crippen LogP contribution in [0.15, 0.2) is 24.5 Å². The number of aromatic nitrogens is 2. The standard InChI is InChI=1S/C7H4ClIN2/c8-5-2-1-3-11-6(9)4-10-7(5)11/h1-4H. The van der Waals surface area contributed by atoms with Crippen LogP contribution >= 0.6 is 34.2 Å². The second-order valence-electron chi connectivity index (χ2n) is 2.13. The minimum absolute atomic E-state index is 0.690. The van der Waals surface area contributed by atoms with Gasteiger partial charge in [-0.05, 0) is 34.7 Å². The summed E-state index contributed by atoms with van der Waals surface area (Å²) in [6, 6.07) is 3.74. The lowest BCUT2D eigenvalue weighted by molar-refractivity contribution is 1.15. The molecule has 2 rings (SSSR count). The molecule has 0 aromatic carbocycles. The van der Waals surface area contributed by atoms with E-state index in [1.807, 2.05) is 22.7 Å². The number of nitrogens with zero attached hydrogens (tertiary/aromatic N) is 2. The number of imidazole rings is 1. The van der Waals surface area contributed by atoms with Gasteiger partial charge in [0.2, 0.25) is 0 Å². The second kappa shape index (κ2) is 2.64. The van der Waals surface area contributed by atoms with Crippen LogP contribution in [0.4, 0.5) is 0 Å². The lowest BCUT2D eigenvalue weighted by atomic mass is 10.5. The van der Waals surface area contributed by atoms with Crippen molar-refractivity contribution >= 4 is 39.8 Å². The van der Waals surface area contributed by atoms with Crippen molar-refractivity contribution in [2.75, 3.05) is 0 Å². The smallest absolute Gasteiger partial charge is 0.156 e. The maximum atomic E-state index is 5.88. The van der Waals surface area contributed by atoms with Gasteiger partial charge < -0.3 is 0 Å². The third-order valence-corrected chi connectivity index (χ3v) is 2.54. The van der Waals surface area contributed by atoms with E-state index in [9.17, 15) is 0 Å². The first-order chi connectivity index (χ1) is 5.29. The highest BCUT2D eigenvalue weighted by atomic mass is 127.